The molecular weight excluding hydrogens is 446 g/mol. The normalized spacial score (nSPS) is 10.7. The Morgan fingerprint density at radius 2 is 1.71 bits per heavy atom. The number of amides is 3. The van der Waals surface area contributed by atoms with Crippen molar-refractivity contribution in [2.45, 2.75) is 13.1 Å². The van der Waals surface area contributed by atoms with E-state index in [1.807, 2.05) is 4.90 Å². The zero-order chi connectivity index (χ0) is 24.5. The molecule has 1 aromatic heterocycles. The molecule has 0 unspecified atom stereocenters. The number of rotatable bonds is 10. The summed E-state index contributed by atoms with van der Waals surface area (Å²) in [6, 6.07) is 13.5. The van der Waals surface area contributed by atoms with Crippen molar-refractivity contribution >= 4 is 23.4 Å². The lowest BCUT2D eigenvalue weighted by atomic mass is 10.1. The van der Waals surface area contributed by atoms with Crippen LogP contribution in [0.25, 0.3) is 0 Å². The number of halogens is 2. The SMILES string of the molecule is CNC(=O)c1ccc(CN(CC(=O)NCC(=O)Nc2ccc(F)c(F)c2)Cc2ccco2)cc1. The summed E-state index contributed by atoms with van der Waals surface area (Å²) >= 11 is 0. The summed E-state index contributed by atoms with van der Waals surface area (Å²) in [6.07, 6.45) is 1.54. The van der Waals surface area contributed by atoms with Crippen LogP contribution < -0.4 is 16.0 Å². The predicted molar refractivity (Wildman–Crippen MR) is 121 cm³/mol. The van der Waals surface area contributed by atoms with Crippen LogP contribution >= 0.6 is 0 Å². The molecule has 2 aromatic carbocycles. The highest BCUT2D eigenvalue weighted by atomic mass is 19.2. The minimum absolute atomic E-state index is 0.0314. The van der Waals surface area contributed by atoms with Crippen molar-refractivity contribution < 1.29 is 27.6 Å². The van der Waals surface area contributed by atoms with Gasteiger partial charge in [0.05, 0.1) is 25.9 Å². The van der Waals surface area contributed by atoms with Crippen molar-refractivity contribution in [1.82, 2.24) is 15.5 Å². The van der Waals surface area contributed by atoms with E-state index in [1.165, 1.54) is 12.3 Å². The highest BCUT2D eigenvalue weighted by molar-refractivity contribution is 5.95. The standard InChI is InChI=1S/C24H24F2N4O4/c1-27-24(33)17-6-4-16(5-7-17)13-30(14-19-3-2-10-34-19)15-23(32)28-12-22(31)29-18-8-9-20(25)21(26)11-18/h2-11H,12-15H2,1H3,(H,27,33)(H,28,32)(H,29,31). The number of carbonyl (C=O) groups is 3. The van der Waals surface area contributed by atoms with E-state index in [1.54, 1.807) is 43.4 Å². The molecule has 0 spiro atoms. The Kier molecular flexibility index (Phi) is 8.47. The summed E-state index contributed by atoms with van der Waals surface area (Å²) in [4.78, 5) is 38.1. The fourth-order valence-electron chi connectivity index (χ4n) is 3.17. The number of carbonyl (C=O) groups excluding carboxylic acids is 3. The minimum atomic E-state index is -1.08. The van der Waals surface area contributed by atoms with E-state index >= 15 is 0 Å². The van der Waals surface area contributed by atoms with Gasteiger partial charge in [-0.15, -0.1) is 0 Å². The molecule has 0 aliphatic rings. The van der Waals surface area contributed by atoms with Gasteiger partial charge in [-0.2, -0.15) is 0 Å². The molecule has 3 rings (SSSR count). The summed E-state index contributed by atoms with van der Waals surface area (Å²) < 4.78 is 31.7. The number of hydrogen-bond acceptors (Lipinski definition) is 5. The summed E-state index contributed by atoms with van der Waals surface area (Å²) in [7, 11) is 1.55. The van der Waals surface area contributed by atoms with E-state index < -0.39 is 23.4 Å². The van der Waals surface area contributed by atoms with Crippen LogP contribution in [0.1, 0.15) is 21.7 Å². The number of nitrogens with zero attached hydrogens (tertiary/aromatic N) is 1. The molecule has 0 aliphatic heterocycles. The Hall–Kier alpha value is -4.05. The van der Waals surface area contributed by atoms with Crippen LogP contribution in [0.2, 0.25) is 0 Å². The number of anilines is 1. The maximum atomic E-state index is 13.3. The van der Waals surface area contributed by atoms with E-state index in [0.29, 0.717) is 24.4 Å². The zero-order valence-corrected chi connectivity index (χ0v) is 18.4. The van der Waals surface area contributed by atoms with Gasteiger partial charge in [0, 0.05) is 30.9 Å². The van der Waals surface area contributed by atoms with Gasteiger partial charge in [0.25, 0.3) is 5.91 Å². The smallest absolute Gasteiger partial charge is 0.251 e. The van der Waals surface area contributed by atoms with Gasteiger partial charge >= 0.3 is 0 Å². The second kappa shape index (κ2) is 11.7. The van der Waals surface area contributed by atoms with Gasteiger partial charge in [-0.05, 0) is 42.0 Å². The molecule has 3 aromatic rings. The average molecular weight is 470 g/mol. The van der Waals surface area contributed by atoms with Crippen LogP contribution in [-0.4, -0.2) is 42.8 Å². The van der Waals surface area contributed by atoms with E-state index in [-0.39, 0.29) is 24.7 Å². The maximum absolute atomic E-state index is 13.3. The van der Waals surface area contributed by atoms with Crippen molar-refractivity contribution in [2.24, 2.45) is 0 Å². The van der Waals surface area contributed by atoms with Crippen LogP contribution in [0.5, 0.6) is 0 Å². The monoisotopic (exact) mass is 470 g/mol. The predicted octanol–water partition coefficient (Wildman–Crippen LogP) is 2.67. The van der Waals surface area contributed by atoms with Crippen molar-refractivity contribution in [2.75, 3.05) is 25.5 Å². The lowest BCUT2D eigenvalue weighted by molar-refractivity contribution is -0.125. The topological polar surface area (TPSA) is 104 Å². The zero-order valence-electron chi connectivity index (χ0n) is 18.4. The Morgan fingerprint density at radius 1 is 0.941 bits per heavy atom. The fraction of sp³-hybridized carbons (Fsp3) is 0.208. The van der Waals surface area contributed by atoms with Gasteiger partial charge < -0.3 is 20.4 Å². The highest BCUT2D eigenvalue weighted by Gasteiger charge is 2.15. The van der Waals surface area contributed by atoms with Crippen LogP contribution in [0.15, 0.2) is 65.3 Å². The van der Waals surface area contributed by atoms with Crippen LogP contribution in [0.3, 0.4) is 0 Å². The van der Waals surface area contributed by atoms with Crippen molar-refractivity contribution in [3.63, 3.8) is 0 Å². The number of nitrogens with one attached hydrogen (secondary N) is 3. The van der Waals surface area contributed by atoms with Gasteiger partial charge in [-0.3, -0.25) is 19.3 Å². The van der Waals surface area contributed by atoms with Crippen molar-refractivity contribution in [3.8, 4) is 0 Å². The van der Waals surface area contributed by atoms with E-state index in [2.05, 4.69) is 16.0 Å². The molecule has 0 fully saturated rings. The lowest BCUT2D eigenvalue weighted by Crippen LogP contribution is -2.40. The second-order valence-corrected chi connectivity index (χ2v) is 7.45. The summed E-state index contributed by atoms with van der Waals surface area (Å²) in [5.74, 6) is -2.63. The Bertz CT molecular complexity index is 1130. The van der Waals surface area contributed by atoms with Crippen LogP contribution in [-0.2, 0) is 22.7 Å². The summed E-state index contributed by atoms with van der Waals surface area (Å²) in [5, 5.41) is 7.46. The molecule has 0 aliphatic carbocycles. The maximum Gasteiger partial charge on any atom is 0.251 e. The first-order valence-electron chi connectivity index (χ1n) is 10.4. The first-order valence-corrected chi connectivity index (χ1v) is 10.4. The van der Waals surface area contributed by atoms with Crippen LogP contribution in [0.4, 0.5) is 14.5 Å². The third-order valence-corrected chi connectivity index (χ3v) is 4.83. The third kappa shape index (κ3) is 7.24. The molecule has 0 bridgehead atoms. The molecule has 0 saturated heterocycles. The van der Waals surface area contributed by atoms with Gasteiger partial charge in [0.2, 0.25) is 11.8 Å². The van der Waals surface area contributed by atoms with Crippen LogP contribution in [0, 0.1) is 11.6 Å². The number of benzene rings is 2. The van der Waals surface area contributed by atoms with Crippen molar-refractivity contribution in [1.29, 1.82) is 0 Å². The molecule has 3 amide bonds. The summed E-state index contributed by atoms with van der Waals surface area (Å²) in [5.41, 5.74) is 1.48. The summed E-state index contributed by atoms with van der Waals surface area (Å²) in [6.45, 7) is 0.367. The first kappa shape index (κ1) is 24.6. The number of furan rings is 1. The van der Waals surface area contributed by atoms with Gasteiger partial charge in [0.1, 0.15) is 5.76 Å². The second-order valence-electron chi connectivity index (χ2n) is 7.45. The van der Waals surface area contributed by atoms with Gasteiger partial charge in [0.15, 0.2) is 11.6 Å². The molecular formula is C24H24F2N4O4. The first-order chi connectivity index (χ1) is 16.3. The molecule has 34 heavy (non-hydrogen) atoms. The van der Waals surface area contributed by atoms with E-state index in [4.69, 9.17) is 4.42 Å². The molecule has 0 atom stereocenters. The quantitative estimate of drug-likeness (QED) is 0.423. The fourth-order valence-corrected chi connectivity index (χ4v) is 3.17. The minimum Gasteiger partial charge on any atom is -0.468 e. The molecule has 8 nitrogen and oxygen atoms in total. The average Bonchev–Trinajstić information content (AvgIpc) is 3.33. The largest absolute Gasteiger partial charge is 0.468 e. The molecule has 1 heterocycles. The lowest BCUT2D eigenvalue weighted by Gasteiger charge is -2.21. The molecule has 0 radical (unpaired) electrons. The highest BCUT2D eigenvalue weighted by Crippen LogP contribution is 2.13. The van der Waals surface area contributed by atoms with E-state index in [9.17, 15) is 23.2 Å². The van der Waals surface area contributed by atoms with Gasteiger partial charge in [-0.25, -0.2) is 8.78 Å². The molecule has 10 heteroatoms. The third-order valence-electron chi connectivity index (χ3n) is 4.83. The Balaban J connectivity index is 1.56. The molecule has 0 saturated carbocycles. The van der Waals surface area contributed by atoms with Crippen molar-refractivity contribution in [3.05, 3.63) is 89.4 Å². The van der Waals surface area contributed by atoms with E-state index in [0.717, 1.165) is 17.7 Å². The molecule has 178 valence electrons. The Morgan fingerprint density at radius 3 is 2.35 bits per heavy atom. The van der Waals surface area contributed by atoms with Gasteiger partial charge in [-0.1, -0.05) is 12.1 Å². The number of hydrogen-bond donors (Lipinski definition) is 3. The molecule has 3 N–H and O–H groups in total. The Labute approximate surface area is 194 Å².